The van der Waals surface area contributed by atoms with Crippen molar-refractivity contribution in [1.29, 1.82) is 0 Å². The Labute approximate surface area is 177 Å². The molecule has 4 rings (SSSR count). The van der Waals surface area contributed by atoms with E-state index in [-0.39, 0.29) is 18.1 Å². The van der Waals surface area contributed by atoms with Crippen LogP contribution in [0, 0.1) is 0 Å². The lowest BCUT2D eigenvalue weighted by atomic mass is 9.96. The first-order valence-electron chi connectivity index (χ1n) is 10.1. The van der Waals surface area contributed by atoms with Gasteiger partial charge in [0.25, 0.3) is 0 Å². The van der Waals surface area contributed by atoms with Gasteiger partial charge >= 0.3 is 6.03 Å². The number of amides is 2. The Balaban J connectivity index is 1.74. The van der Waals surface area contributed by atoms with E-state index in [9.17, 15) is 13.2 Å². The third kappa shape index (κ3) is 4.44. The molecule has 2 heterocycles. The van der Waals surface area contributed by atoms with Crippen LogP contribution in [-0.2, 0) is 16.4 Å². The molecule has 0 radical (unpaired) electrons. The fourth-order valence-corrected chi connectivity index (χ4v) is 5.13. The minimum Gasteiger partial charge on any atom is -0.491 e. The SMILES string of the molecule is CN1CCOc2ccccc2-c2cccc(c2)CC2C(NS(C)(=O)=O)CCN2C1=O. The number of para-hydroxylation sites is 1. The maximum atomic E-state index is 13.1. The molecule has 160 valence electrons. The number of hydrogen-bond acceptors (Lipinski definition) is 4. The van der Waals surface area contributed by atoms with E-state index in [1.807, 2.05) is 42.5 Å². The van der Waals surface area contributed by atoms with Crippen LogP contribution in [0.15, 0.2) is 48.5 Å². The first-order valence-corrected chi connectivity index (χ1v) is 12.0. The van der Waals surface area contributed by atoms with Gasteiger partial charge < -0.3 is 14.5 Å². The zero-order valence-corrected chi connectivity index (χ0v) is 18.1. The lowest BCUT2D eigenvalue weighted by Crippen LogP contribution is -2.51. The summed E-state index contributed by atoms with van der Waals surface area (Å²) in [4.78, 5) is 16.6. The molecule has 0 aliphatic carbocycles. The molecule has 0 aromatic heterocycles. The van der Waals surface area contributed by atoms with Crippen LogP contribution in [0.4, 0.5) is 4.79 Å². The van der Waals surface area contributed by atoms with Crippen molar-refractivity contribution in [1.82, 2.24) is 14.5 Å². The van der Waals surface area contributed by atoms with Gasteiger partial charge in [-0.2, -0.15) is 0 Å². The third-order valence-corrected chi connectivity index (χ3v) is 6.47. The fourth-order valence-electron chi connectivity index (χ4n) is 4.30. The van der Waals surface area contributed by atoms with Crippen molar-refractivity contribution in [3.05, 3.63) is 54.1 Å². The van der Waals surface area contributed by atoms with Gasteiger partial charge in [-0.25, -0.2) is 17.9 Å². The number of carbonyl (C=O) groups is 1. The molecule has 2 aromatic carbocycles. The Morgan fingerprint density at radius 2 is 1.90 bits per heavy atom. The Morgan fingerprint density at radius 1 is 1.10 bits per heavy atom. The lowest BCUT2D eigenvalue weighted by molar-refractivity contribution is 0.147. The zero-order valence-electron chi connectivity index (χ0n) is 17.2. The molecular weight excluding hydrogens is 402 g/mol. The predicted octanol–water partition coefficient (Wildman–Crippen LogP) is 2.33. The number of nitrogens with zero attached hydrogens (tertiary/aromatic N) is 2. The molecule has 2 aromatic rings. The molecule has 0 saturated carbocycles. The van der Waals surface area contributed by atoms with Crippen molar-refractivity contribution < 1.29 is 17.9 Å². The van der Waals surface area contributed by atoms with E-state index in [2.05, 4.69) is 10.8 Å². The van der Waals surface area contributed by atoms with E-state index >= 15 is 0 Å². The summed E-state index contributed by atoms with van der Waals surface area (Å²) < 4.78 is 32.6. The Hall–Kier alpha value is -2.58. The normalized spacial score (nSPS) is 22.3. The van der Waals surface area contributed by atoms with Gasteiger partial charge in [-0.1, -0.05) is 42.5 Å². The minimum atomic E-state index is -3.38. The molecule has 2 aliphatic rings. The number of fused-ring (bicyclic) bond motifs is 5. The molecule has 0 spiro atoms. The van der Waals surface area contributed by atoms with Crippen LogP contribution in [0.25, 0.3) is 11.1 Å². The Kier molecular flexibility index (Phi) is 5.71. The Morgan fingerprint density at radius 3 is 2.70 bits per heavy atom. The smallest absolute Gasteiger partial charge is 0.320 e. The molecule has 8 heteroatoms. The van der Waals surface area contributed by atoms with E-state index in [0.29, 0.717) is 32.5 Å². The number of likely N-dealkylation sites (N-methyl/N-ethyl adjacent to an activating group) is 1. The zero-order chi connectivity index (χ0) is 21.3. The summed E-state index contributed by atoms with van der Waals surface area (Å²) in [5.74, 6) is 0.784. The number of benzene rings is 2. The topological polar surface area (TPSA) is 79.0 Å². The highest BCUT2D eigenvalue weighted by molar-refractivity contribution is 7.88. The van der Waals surface area contributed by atoms with Gasteiger partial charge in [0.05, 0.1) is 18.8 Å². The largest absolute Gasteiger partial charge is 0.491 e. The third-order valence-electron chi connectivity index (χ3n) is 5.74. The number of ether oxygens (including phenoxy) is 1. The van der Waals surface area contributed by atoms with Gasteiger partial charge in [0.2, 0.25) is 10.0 Å². The van der Waals surface area contributed by atoms with Crippen molar-refractivity contribution in [2.45, 2.75) is 24.9 Å². The molecule has 2 atom stereocenters. The average molecular weight is 430 g/mol. The molecule has 1 N–H and O–H groups in total. The van der Waals surface area contributed by atoms with Crippen LogP contribution < -0.4 is 9.46 Å². The van der Waals surface area contributed by atoms with Gasteiger partial charge in [-0.15, -0.1) is 0 Å². The van der Waals surface area contributed by atoms with Gasteiger partial charge in [0.1, 0.15) is 12.4 Å². The summed E-state index contributed by atoms with van der Waals surface area (Å²) in [6, 6.07) is 15.4. The molecular formula is C22H27N3O4S. The number of hydrogen-bond donors (Lipinski definition) is 1. The van der Waals surface area contributed by atoms with Crippen LogP contribution in [0.5, 0.6) is 5.75 Å². The molecule has 2 unspecified atom stereocenters. The lowest BCUT2D eigenvalue weighted by Gasteiger charge is -2.32. The second-order valence-corrected chi connectivity index (χ2v) is 9.78. The number of sulfonamides is 1. The van der Waals surface area contributed by atoms with Crippen molar-refractivity contribution in [2.75, 3.05) is 33.0 Å². The standard InChI is InChI=1S/C22H27N3O4S/c1-24-12-13-29-21-9-4-3-8-18(21)17-7-5-6-16(14-17)15-20-19(23-30(2,27)28)10-11-25(20)22(24)26/h3-9,14,19-20,23H,10-13,15H2,1-2H3. The second kappa shape index (κ2) is 8.28. The van der Waals surface area contributed by atoms with E-state index in [4.69, 9.17) is 4.74 Å². The van der Waals surface area contributed by atoms with Crippen molar-refractivity contribution >= 4 is 16.1 Å². The molecule has 1 saturated heterocycles. The number of urea groups is 1. The molecule has 1 fully saturated rings. The molecule has 2 amide bonds. The molecule has 7 nitrogen and oxygen atoms in total. The molecule has 2 aliphatic heterocycles. The first-order chi connectivity index (χ1) is 14.3. The predicted molar refractivity (Wildman–Crippen MR) is 116 cm³/mol. The summed E-state index contributed by atoms with van der Waals surface area (Å²) >= 11 is 0. The number of carbonyl (C=O) groups excluding carboxylic acids is 1. The van der Waals surface area contributed by atoms with Crippen LogP contribution >= 0.6 is 0 Å². The maximum Gasteiger partial charge on any atom is 0.320 e. The van der Waals surface area contributed by atoms with Crippen molar-refractivity contribution in [3.63, 3.8) is 0 Å². The molecule has 2 bridgehead atoms. The summed E-state index contributed by atoms with van der Waals surface area (Å²) in [6.45, 7) is 1.34. The van der Waals surface area contributed by atoms with E-state index in [0.717, 1.165) is 28.7 Å². The summed E-state index contributed by atoms with van der Waals surface area (Å²) in [5.41, 5.74) is 3.09. The van der Waals surface area contributed by atoms with Crippen LogP contribution in [0.3, 0.4) is 0 Å². The van der Waals surface area contributed by atoms with Crippen molar-refractivity contribution in [2.24, 2.45) is 0 Å². The first kappa shape index (κ1) is 20.7. The second-order valence-electron chi connectivity index (χ2n) is 8.00. The minimum absolute atomic E-state index is 0.106. The van der Waals surface area contributed by atoms with Gasteiger partial charge in [-0.3, -0.25) is 0 Å². The van der Waals surface area contributed by atoms with Gasteiger partial charge in [0.15, 0.2) is 0 Å². The highest BCUT2D eigenvalue weighted by Crippen LogP contribution is 2.32. The quantitative estimate of drug-likeness (QED) is 0.795. The van der Waals surface area contributed by atoms with Crippen molar-refractivity contribution in [3.8, 4) is 16.9 Å². The van der Waals surface area contributed by atoms with Crippen LogP contribution in [-0.4, -0.2) is 69.3 Å². The fraction of sp³-hybridized carbons (Fsp3) is 0.409. The Bertz CT molecular complexity index is 1040. The summed E-state index contributed by atoms with van der Waals surface area (Å²) in [6.07, 6.45) is 2.33. The summed E-state index contributed by atoms with van der Waals surface area (Å²) in [5, 5.41) is 0. The van der Waals surface area contributed by atoms with Crippen LogP contribution in [0.1, 0.15) is 12.0 Å². The average Bonchev–Trinajstić information content (AvgIpc) is 3.07. The highest BCUT2D eigenvalue weighted by atomic mass is 32.2. The van der Waals surface area contributed by atoms with Gasteiger partial charge in [-0.05, 0) is 30.0 Å². The number of nitrogens with one attached hydrogen (secondary N) is 1. The van der Waals surface area contributed by atoms with Gasteiger partial charge in [0, 0.05) is 25.2 Å². The van der Waals surface area contributed by atoms with E-state index in [1.54, 1.807) is 16.8 Å². The number of rotatable bonds is 2. The van der Waals surface area contributed by atoms with E-state index in [1.165, 1.54) is 0 Å². The highest BCUT2D eigenvalue weighted by Gasteiger charge is 2.39. The van der Waals surface area contributed by atoms with E-state index < -0.39 is 10.0 Å². The summed E-state index contributed by atoms with van der Waals surface area (Å²) in [7, 11) is -1.62. The monoisotopic (exact) mass is 429 g/mol. The van der Waals surface area contributed by atoms with Crippen LogP contribution in [0.2, 0.25) is 0 Å². The maximum absolute atomic E-state index is 13.1. The molecule has 30 heavy (non-hydrogen) atoms.